The first-order chi connectivity index (χ1) is 12.7. The molecule has 0 atom stereocenters. The van der Waals surface area contributed by atoms with Gasteiger partial charge in [0.25, 0.3) is 0 Å². The molecule has 0 bridgehead atoms. The van der Waals surface area contributed by atoms with Crippen LogP contribution in [0.1, 0.15) is 25.3 Å². The standard InChI is InChI=1S/C19H26ClN3O3S/c1-13(2)15-5-6-18(17-10-21-19(20)9-16(15)17)23-11-14(12-23)22(3)27(24,25)8-7-26-4/h5-6,9-10,13-14H,7-8,11-12H2,1-4H3. The zero-order chi connectivity index (χ0) is 19.8. The van der Waals surface area contributed by atoms with Gasteiger partial charge in [0.05, 0.1) is 18.4 Å². The zero-order valence-corrected chi connectivity index (χ0v) is 17.7. The van der Waals surface area contributed by atoms with Gasteiger partial charge in [-0.05, 0) is 29.0 Å². The second-order valence-corrected chi connectivity index (χ2v) is 9.80. The van der Waals surface area contributed by atoms with E-state index in [1.165, 1.54) is 17.0 Å². The normalized spacial score (nSPS) is 15.7. The summed E-state index contributed by atoms with van der Waals surface area (Å²) < 4.78 is 31.1. The predicted molar refractivity (Wildman–Crippen MR) is 110 cm³/mol. The molecule has 1 aromatic carbocycles. The van der Waals surface area contributed by atoms with E-state index >= 15 is 0 Å². The summed E-state index contributed by atoms with van der Waals surface area (Å²) in [6.07, 6.45) is 1.81. The van der Waals surface area contributed by atoms with Crippen LogP contribution in [0.15, 0.2) is 24.4 Å². The molecule has 0 unspecified atom stereocenters. The fourth-order valence-electron chi connectivity index (χ4n) is 3.44. The SMILES string of the molecule is COCCS(=O)(=O)N(C)C1CN(c2ccc(C(C)C)c3cc(Cl)ncc23)C1. The van der Waals surface area contributed by atoms with E-state index in [1.54, 1.807) is 7.05 Å². The van der Waals surface area contributed by atoms with Crippen LogP contribution in [0, 0.1) is 0 Å². The highest BCUT2D eigenvalue weighted by molar-refractivity contribution is 7.89. The van der Waals surface area contributed by atoms with Crippen molar-refractivity contribution in [3.63, 3.8) is 0 Å². The highest BCUT2D eigenvalue weighted by atomic mass is 35.5. The number of methoxy groups -OCH3 is 1. The quantitative estimate of drug-likeness (QED) is 0.655. The van der Waals surface area contributed by atoms with E-state index in [0.29, 0.717) is 24.2 Å². The molecular formula is C19H26ClN3O3S. The second-order valence-electron chi connectivity index (χ2n) is 7.27. The lowest BCUT2D eigenvalue weighted by Gasteiger charge is -2.45. The smallest absolute Gasteiger partial charge is 0.216 e. The molecule has 1 aromatic heterocycles. The van der Waals surface area contributed by atoms with Crippen LogP contribution in [0.25, 0.3) is 10.8 Å². The van der Waals surface area contributed by atoms with E-state index in [0.717, 1.165) is 16.5 Å². The Morgan fingerprint density at radius 1 is 1.33 bits per heavy atom. The van der Waals surface area contributed by atoms with Crippen LogP contribution in [0.2, 0.25) is 5.15 Å². The van der Waals surface area contributed by atoms with E-state index in [-0.39, 0.29) is 18.4 Å². The van der Waals surface area contributed by atoms with Crippen LogP contribution < -0.4 is 4.90 Å². The molecule has 1 fully saturated rings. The number of aromatic nitrogens is 1. The lowest BCUT2D eigenvalue weighted by Crippen LogP contribution is -2.60. The Bertz CT molecular complexity index is 927. The molecule has 27 heavy (non-hydrogen) atoms. The summed E-state index contributed by atoms with van der Waals surface area (Å²) in [5, 5.41) is 2.63. The number of halogens is 1. The number of benzene rings is 1. The summed E-state index contributed by atoms with van der Waals surface area (Å²) in [7, 11) is -0.148. The van der Waals surface area contributed by atoms with E-state index < -0.39 is 10.0 Å². The van der Waals surface area contributed by atoms with Crippen molar-refractivity contribution in [2.75, 3.05) is 44.5 Å². The third-order valence-corrected chi connectivity index (χ3v) is 7.27. The molecule has 1 saturated heterocycles. The van der Waals surface area contributed by atoms with Gasteiger partial charge in [-0.25, -0.2) is 13.4 Å². The number of sulfonamides is 1. The van der Waals surface area contributed by atoms with Gasteiger partial charge in [0.1, 0.15) is 5.15 Å². The lowest BCUT2D eigenvalue weighted by molar-refractivity contribution is 0.214. The predicted octanol–water partition coefficient (Wildman–Crippen LogP) is 3.11. The van der Waals surface area contributed by atoms with Gasteiger partial charge in [0.2, 0.25) is 10.0 Å². The average Bonchev–Trinajstić information content (AvgIpc) is 2.58. The maximum atomic E-state index is 12.3. The van der Waals surface area contributed by atoms with Crippen molar-refractivity contribution in [1.29, 1.82) is 0 Å². The Balaban J connectivity index is 1.82. The van der Waals surface area contributed by atoms with Gasteiger partial charge in [0, 0.05) is 44.5 Å². The summed E-state index contributed by atoms with van der Waals surface area (Å²) >= 11 is 6.12. The van der Waals surface area contributed by atoms with Crippen molar-refractivity contribution < 1.29 is 13.2 Å². The molecule has 2 aromatic rings. The summed E-state index contributed by atoms with van der Waals surface area (Å²) in [5.74, 6) is 0.381. The van der Waals surface area contributed by atoms with Crippen LogP contribution in [0.5, 0.6) is 0 Å². The molecule has 0 saturated carbocycles. The van der Waals surface area contributed by atoms with Crippen molar-refractivity contribution >= 4 is 38.1 Å². The molecule has 1 aliphatic heterocycles. The maximum Gasteiger partial charge on any atom is 0.216 e. The Morgan fingerprint density at radius 3 is 2.67 bits per heavy atom. The van der Waals surface area contributed by atoms with E-state index in [2.05, 4.69) is 35.9 Å². The topological polar surface area (TPSA) is 62.7 Å². The first-order valence-electron chi connectivity index (χ1n) is 9.02. The van der Waals surface area contributed by atoms with Gasteiger partial charge >= 0.3 is 0 Å². The molecule has 2 heterocycles. The number of nitrogens with zero attached hydrogens (tertiary/aromatic N) is 3. The van der Waals surface area contributed by atoms with Crippen LogP contribution >= 0.6 is 11.6 Å². The Kier molecular flexibility index (Phi) is 5.96. The number of fused-ring (bicyclic) bond motifs is 1. The van der Waals surface area contributed by atoms with Gasteiger partial charge in [0.15, 0.2) is 0 Å². The molecule has 0 N–H and O–H groups in total. The molecule has 0 radical (unpaired) electrons. The average molecular weight is 412 g/mol. The molecular weight excluding hydrogens is 386 g/mol. The molecule has 0 amide bonds. The number of hydrogen-bond acceptors (Lipinski definition) is 5. The third-order valence-electron chi connectivity index (χ3n) is 5.20. The Hall–Kier alpha value is -1.41. The molecule has 0 aliphatic carbocycles. The highest BCUT2D eigenvalue weighted by Crippen LogP contribution is 2.36. The Labute approximate surface area is 166 Å². The van der Waals surface area contributed by atoms with Crippen LogP contribution in [-0.4, -0.2) is 63.4 Å². The van der Waals surface area contributed by atoms with Gasteiger partial charge in [-0.1, -0.05) is 31.5 Å². The molecule has 1 aliphatic rings. The molecule has 6 nitrogen and oxygen atoms in total. The van der Waals surface area contributed by atoms with Crippen LogP contribution in [0.3, 0.4) is 0 Å². The summed E-state index contributed by atoms with van der Waals surface area (Å²) in [4.78, 5) is 6.44. The van der Waals surface area contributed by atoms with Crippen molar-refractivity contribution in [2.24, 2.45) is 0 Å². The number of anilines is 1. The highest BCUT2D eigenvalue weighted by Gasteiger charge is 2.36. The van der Waals surface area contributed by atoms with Crippen molar-refractivity contribution in [2.45, 2.75) is 25.8 Å². The minimum absolute atomic E-state index is 0.00490. The van der Waals surface area contributed by atoms with Crippen molar-refractivity contribution in [1.82, 2.24) is 9.29 Å². The number of ether oxygens (including phenoxy) is 1. The molecule has 8 heteroatoms. The lowest BCUT2D eigenvalue weighted by atomic mass is 9.95. The van der Waals surface area contributed by atoms with E-state index in [4.69, 9.17) is 16.3 Å². The number of likely N-dealkylation sites (N-methyl/N-ethyl adjacent to an activating group) is 1. The van der Waals surface area contributed by atoms with Crippen LogP contribution in [0.4, 0.5) is 5.69 Å². The Morgan fingerprint density at radius 2 is 2.04 bits per heavy atom. The zero-order valence-electron chi connectivity index (χ0n) is 16.1. The van der Waals surface area contributed by atoms with Gasteiger partial charge in [-0.3, -0.25) is 0 Å². The minimum Gasteiger partial charge on any atom is -0.384 e. The van der Waals surface area contributed by atoms with E-state index in [1.807, 2.05) is 12.3 Å². The maximum absolute atomic E-state index is 12.3. The fraction of sp³-hybridized carbons (Fsp3) is 0.526. The van der Waals surface area contributed by atoms with Gasteiger partial charge < -0.3 is 9.64 Å². The minimum atomic E-state index is -3.30. The largest absolute Gasteiger partial charge is 0.384 e. The van der Waals surface area contributed by atoms with Crippen molar-refractivity contribution in [3.8, 4) is 0 Å². The van der Waals surface area contributed by atoms with Gasteiger partial charge in [-0.15, -0.1) is 0 Å². The second kappa shape index (κ2) is 7.91. The van der Waals surface area contributed by atoms with Crippen molar-refractivity contribution in [3.05, 3.63) is 35.1 Å². The van der Waals surface area contributed by atoms with E-state index in [9.17, 15) is 8.42 Å². The first-order valence-corrected chi connectivity index (χ1v) is 11.0. The molecule has 3 rings (SSSR count). The molecule has 148 valence electrons. The third kappa shape index (κ3) is 4.06. The fourth-order valence-corrected chi connectivity index (χ4v) is 4.85. The summed E-state index contributed by atoms with van der Waals surface area (Å²) in [6.45, 7) is 5.82. The number of pyridine rings is 1. The van der Waals surface area contributed by atoms with Gasteiger partial charge in [-0.2, -0.15) is 4.31 Å². The number of rotatable bonds is 7. The summed E-state index contributed by atoms with van der Waals surface area (Å²) in [5.41, 5.74) is 2.30. The summed E-state index contributed by atoms with van der Waals surface area (Å²) in [6, 6.07) is 6.11. The monoisotopic (exact) mass is 411 g/mol. The molecule has 0 spiro atoms. The van der Waals surface area contributed by atoms with Crippen LogP contribution in [-0.2, 0) is 14.8 Å². The number of hydrogen-bond donors (Lipinski definition) is 0. The first kappa shape index (κ1) is 20.3.